The van der Waals surface area contributed by atoms with Crippen LogP contribution in [0.5, 0.6) is 5.75 Å². The summed E-state index contributed by atoms with van der Waals surface area (Å²) in [4.78, 5) is 10.7. The van der Waals surface area contributed by atoms with Gasteiger partial charge in [0.15, 0.2) is 0 Å². The number of hydrogen-bond acceptors (Lipinski definition) is 3. The van der Waals surface area contributed by atoms with Gasteiger partial charge in [0.1, 0.15) is 5.75 Å². The van der Waals surface area contributed by atoms with Crippen LogP contribution in [0.1, 0.15) is 17.3 Å². The van der Waals surface area contributed by atoms with Crippen molar-refractivity contribution in [3.05, 3.63) is 36.0 Å². The molecule has 5 nitrogen and oxygen atoms in total. The molecule has 0 saturated heterocycles. The summed E-state index contributed by atoms with van der Waals surface area (Å²) in [6.45, 7) is 2.63. The van der Waals surface area contributed by atoms with Gasteiger partial charge in [0, 0.05) is 18.3 Å². The number of rotatable bonds is 3. The Bertz CT molecular complexity index is 561. The summed E-state index contributed by atoms with van der Waals surface area (Å²) >= 11 is 0. The molecule has 5 heteroatoms. The maximum atomic E-state index is 10.7. The number of phenols is 1. The lowest BCUT2D eigenvalue weighted by Gasteiger charge is -2.07. The number of carboxylic acid groups (broad SMARTS) is 1. The quantitative estimate of drug-likeness (QED) is 0.848. The molecule has 0 bridgehead atoms. The molecule has 0 aliphatic heterocycles. The van der Waals surface area contributed by atoms with Crippen molar-refractivity contribution in [3.8, 4) is 17.0 Å². The second-order valence-electron chi connectivity index (χ2n) is 3.57. The van der Waals surface area contributed by atoms with Gasteiger partial charge in [-0.3, -0.25) is 4.68 Å². The molecule has 0 saturated carbocycles. The fourth-order valence-corrected chi connectivity index (χ4v) is 1.69. The fraction of sp³-hybridized carbons (Fsp3) is 0.167. The third-order valence-corrected chi connectivity index (χ3v) is 2.54. The van der Waals surface area contributed by atoms with E-state index >= 15 is 0 Å². The van der Waals surface area contributed by atoms with Gasteiger partial charge in [-0.15, -0.1) is 0 Å². The molecule has 2 N–H and O–H groups in total. The lowest BCUT2D eigenvalue weighted by atomic mass is 10.1. The van der Waals surface area contributed by atoms with Crippen LogP contribution in [0.4, 0.5) is 0 Å². The fourth-order valence-electron chi connectivity index (χ4n) is 1.69. The molecule has 2 aromatic rings. The van der Waals surface area contributed by atoms with Crippen molar-refractivity contribution in [1.29, 1.82) is 0 Å². The monoisotopic (exact) mass is 232 g/mol. The SMILES string of the molecule is CCn1nccc1-c1ccc(C(=O)O)cc1O. The number of carbonyl (C=O) groups is 1. The molecule has 0 unspecified atom stereocenters. The summed E-state index contributed by atoms with van der Waals surface area (Å²) in [5.74, 6) is -1.11. The van der Waals surface area contributed by atoms with Crippen LogP contribution in [0.15, 0.2) is 30.5 Å². The van der Waals surface area contributed by atoms with Crippen molar-refractivity contribution in [2.24, 2.45) is 0 Å². The number of aromatic carboxylic acids is 1. The molecule has 0 spiro atoms. The van der Waals surface area contributed by atoms with Gasteiger partial charge in [-0.2, -0.15) is 5.10 Å². The van der Waals surface area contributed by atoms with Gasteiger partial charge in [-0.1, -0.05) is 0 Å². The molecule has 0 amide bonds. The van der Waals surface area contributed by atoms with Crippen molar-refractivity contribution in [2.45, 2.75) is 13.5 Å². The number of phenolic OH excluding ortho intramolecular Hbond substituents is 1. The molecule has 1 aromatic carbocycles. The Hall–Kier alpha value is -2.30. The van der Waals surface area contributed by atoms with Crippen LogP contribution in [0.2, 0.25) is 0 Å². The van der Waals surface area contributed by atoms with Crippen LogP contribution in [0.3, 0.4) is 0 Å². The van der Waals surface area contributed by atoms with E-state index in [1.807, 2.05) is 6.92 Å². The van der Waals surface area contributed by atoms with E-state index in [-0.39, 0.29) is 11.3 Å². The maximum Gasteiger partial charge on any atom is 0.335 e. The summed E-state index contributed by atoms with van der Waals surface area (Å²) in [7, 11) is 0. The normalized spacial score (nSPS) is 10.4. The van der Waals surface area contributed by atoms with Gasteiger partial charge < -0.3 is 10.2 Å². The molecule has 1 heterocycles. The van der Waals surface area contributed by atoms with Gasteiger partial charge in [0.05, 0.1) is 11.3 Å². The number of benzene rings is 1. The molecule has 17 heavy (non-hydrogen) atoms. The summed E-state index contributed by atoms with van der Waals surface area (Å²) in [6, 6.07) is 6.07. The minimum Gasteiger partial charge on any atom is -0.507 e. The zero-order valence-corrected chi connectivity index (χ0v) is 9.29. The third-order valence-electron chi connectivity index (χ3n) is 2.54. The zero-order chi connectivity index (χ0) is 12.4. The Labute approximate surface area is 97.9 Å². The first kappa shape index (κ1) is 11.2. The molecule has 1 aromatic heterocycles. The van der Waals surface area contributed by atoms with E-state index in [1.54, 1.807) is 23.0 Å². The van der Waals surface area contributed by atoms with Crippen LogP contribution in [0, 0.1) is 0 Å². The highest BCUT2D eigenvalue weighted by molar-refractivity contribution is 5.89. The number of hydrogen-bond donors (Lipinski definition) is 2. The average molecular weight is 232 g/mol. The third kappa shape index (κ3) is 1.99. The highest BCUT2D eigenvalue weighted by Gasteiger charge is 2.12. The van der Waals surface area contributed by atoms with E-state index < -0.39 is 5.97 Å². The molecule has 2 rings (SSSR count). The van der Waals surface area contributed by atoms with Crippen molar-refractivity contribution in [2.75, 3.05) is 0 Å². The van der Waals surface area contributed by atoms with E-state index in [1.165, 1.54) is 12.1 Å². The molecule has 0 atom stereocenters. The smallest absolute Gasteiger partial charge is 0.335 e. The van der Waals surface area contributed by atoms with Crippen molar-refractivity contribution in [1.82, 2.24) is 9.78 Å². The summed E-state index contributed by atoms with van der Waals surface area (Å²) in [6.07, 6.45) is 1.64. The Morgan fingerprint density at radius 3 is 2.76 bits per heavy atom. The average Bonchev–Trinajstić information content (AvgIpc) is 2.76. The topological polar surface area (TPSA) is 75.4 Å². The van der Waals surface area contributed by atoms with Crippen LogP contribution in [-0.2, 0) is 6.54 Å². The van der Waals surface area contributed by atoms with Gasteiger partial charge in [0.25, 0.3) is 0 Å². The number of aryl methyl sites for hydroxylation is 1. The number of aromatic nitrogens is 2. The number of carboxylic acids is 1. The predicted octanol–water partition coefficient (Wildman–Crippen LogP) is 1.97. The Morgan fingerprint density at radius 1 is 1.41 bits per heavy atom. The number of nitrogens with zero attached hydrogens (tertiary/aromatic N) is 2. The molecule has 0 aliphatic carbocycles. The van der Waals surface area contributed by atoms with Crippen LogP contribution < -0.4 is 0 Å². The highest BCUT2D eigenvalue weighted by atomic mass is 16.4. The van der Waals surface area contributed by atoms with E-state index in [4.69, 9.17) is 5.11 Å². The second kappa shape index (κ2) is 4.29. The largest absolute Gasteiger partial charge is 0.507 e. The van der Waals surface area contributed by atoms with E-state index in [2.05, 4.69) is 5.10 Å². The van der Waals surface area contributed by atoms with Crippen molar-refractivity contribution < 1.29 is 15.0 Å². The minimum atomic E-state index is -1.06. The van der Waals surface area contributed by atoms with Crippen LogP contribution >= 0.6 is 0 Å². The second-order valence-corrected chi connectivity index (χ2v) is 3.57. The van der Waals surface area contributed by atoms with Crippen molar-refractivity contribution in [3.63, 3.8) is 0 Å². The summed E-state index contributed by atoms with van der Waals surface area (Å²) in [5.41, 5.74) is 1.41. The predicted molar refractivity (Wildman–Crippen MR) is 62.0 cm³/mol. The molecule has 88 valence electrons. The van der Waals surface area contributed by atoms with E-state index in [0.717, 1.165) is 5.69 Å². The zero-order valence-electron chi connectivity index (χ0n) is 9.29. The lowest BCUT2D eigenvalue weighted by molar-refractivity contribution is 0.0696. The molecular formula is C12H12N2O3. The van der Waals surface area contributed by atoms with Crippen LogP contribution in [-0.4, -0.2) is 26.0 Å². The van der Waals surface area contributed by atoms with Gasteiger partial charge >= 0.3 is 5.97 Å². The molecule has 0 aliphatic rings. The van der Waals surface area contributed by atoms with E-state index in [0.29, 0.717) is 12.1 Å². The first-order chi connectivity index (χ1) is 8.13. The molecule has 0 fully saturated rings. The van der Waals surface area contributed by atoms with Crippen molar-refractivity contribution >= 4 is 5.97 Å². The van der Waals surface area contributed by atoms with Crippen LogP contribution in [0.25, 0.3) is 11.3 Å². The van der Waals surface area contributed by atoms with Gasteiger partial charge in [-0.05, 0) is 31.2 Å². The standard InChI is InChI=1S/C12H12N2O3/c1-2-14-10(5-6-13-14)9-4-3-8(12(16)17)7-11(9)15/h3-7,15H,2H2,1H3,(H,16,17). The van der Waals surface area contributed by atoms with E-state index in [9.17, 15) is 9.90 Å². The lowest BCUT2D eigenvalue weighted by Crippen LogP contribution is -2.00. The first-order valence-electron chi connectivity index (χ1n) is 5.22. The number of aromatic hydroxyl groups is 1. The molecule has 0 radical (unpaired) electrons. The maximum absolute atomic E-state index is 10.7. The summed E-state index contributed by atoms with van der Waals surface area (Å²) in [5, 5.41) is 22.7. The van der Waals surface area contributed by atoms with Gasteiger partial charge in [-0.25, -0.2) is 4.79 Å². The Morgan fingerprint density at radius 2 is 2.18 bits per heavy atom. The Kier molecular flexibility index (Phi) is 2.82. The molecular weight excluding hydrogens is 220 g/mol. The van der Waals surface area contributed by atoms with Gasteiger partial charge in [0.2, 0.25) is 0 Å². The Balaban J connectivity index is 2.50. The minimum absolute atomic E-state index is 0.0555. The summed E-state index contributed by atoms with van der Waals surface area (Å²) < 4.78 is 1.73. The first-order valence-corrected chi connectivity index (χ1v) is 5.22. The highest BCUT2D eigenvalue weighted by Crippen LogP contribution is 2.29.